The molecular formula is C21H26N2O2. The van der Waals surface area contributed by atoms with E-state index in [1.54, 1.807) is 6.92 Å². The van der Waals surface area contributed by atoms with Crippen LogP contribution < -0.4 is 15.8 Å². The van der Waals surface area contributed by atoms with E-state index < -0.39 is 6.10 Å². The highest BCUT2D eigenvalue weighted by atomic mass is 16.5. The lowest BCUT2D eigenvalue weighted by Gasteiger charge is -2.18. The van der Waals surface area contributed by atoms with Crippen molar-refractivity contribution < 1.29 is 9.53 Å². The van der Waals surface area contributed by atoms with Gasteiger partial charge in [-0.25, -0.2) is 0 Å². The Bertz CT molecular complexity index is 698. The highest BCUT2D eigenvalue weighted by Gasteiger charge is 2.29. The van der Waals surface area contributed by atoms with Crippen LogP contribution >= 0.6 is 0 Å². The van der Waals surface area contributed by atoms with E-state index in [0.717, 1.165) is 17.7 Å². The number of rotatable bonds is 8. The number of nitrogens with one attached hydrogen (secondary N) is 1. The summed E-state index contributed by atoms with van der Waals surface area (Å²) in [6, 6.07) is 18.2. The Balaban J connectivity index is 1.58. The Morgan fingerprint density at radius 3 is 2.56 bits per heavy atom. The number of hydrogen-bond acceptors (Lipinski definition) is 3. The van der Waals surface area contributed by atoms with E-state index in [2.05, 4.69) is 17.4 Å². The molecule has 0 spiro atoms. The van der Waals surface area contributed by atoms with Gasteiger partial charge in [0.25, 0.3) is 5.91 Å². The molecule has 0 bridgehead atoms. The van der Waals surface area contributed by atoms with Crippen LogP contribution in [0.1, 0.15) is 30.9 Å². The summed E-state index contributed by atoms with van der Waals surface area (Å²) in [6.07, 6.45) is 2.58. The maximum atomic E-state index is 12.3. The number of ether oxygens (including phenoxy) is 1. The lowest BCUT2D eigenvalue weighted by atomic mass is 10.0. The molecule has 2 unspecified atom stereocenters. The quantitative estimate of drug-likeness (QED) is 0.778. The zero-order valence-corrected chi connectivity index (χ0v) is 14.7. The second-order valence-corrected chi connectivity index (χ2v) is 6.78. The van der Waals surface area contributed by atoms with Gasteiger partial charge in [-0.2, -0.15) is 0 Å². The summed E-state index contributed by atoms with van der Waals surface area (Å²) in [5, 5.41) is 2.90. The summed E-state index contributed by atoms with van der Waals surface area (Å²) in [5.41, 5.74) is 8.32. The Kier molecular flexibility index (Phi) is 5.71. The molecule has 132 valence electrons. The molecule has 3 N–H and O–H groups in total. The van der Waals surface area contributed by atoms with E-state index in [1.807, 2.05) is 42.5 Å². The molecule has 0 aromatic heterocycles. The highest BCUT2D eigenvalue weighted by molar-refractivity contribution is 5.80. The first-order valence-corrected chi connectivity index (χ1v) is 8.95. The van der Waals surface area contributed by atoms with E-state index in [4.69, 9.17) is 10.5 Å². The van der Waals surface area contributed by atoms with Crippen LogP contribution in [-0.2, 0) is 11.2 Å². The zero-order chi connectivity index (χ0) is 17.6. The minimum atomic E-state index is -0.552. The normalized spacial score (nSPS) is 16.1. The van der Waals surface area contributed by atoms with Crippen molar-refractivity contribution in [3.8, 4) is 5.75 Å². The average molecular weight is 338 g/mol. The molecule has 1 amide bonds. The Labute approximate surface area is 149 Å². The molecule has 0 saturated heterocycles. The third-order valence-electron chi connectivity index (χ3n) is 4.62. The molecular weight excluding hydrogens is 312 g/mol. The summed E-state index contributed by atoms with van der Waals surface area (Å²) >= 11 is 0. The number of nitrogens with two attached hydrogens (primary N) is 1. The molecule has 25 heavy (non-hydrogen) atoms. The Hall–Kier alpha value is -2.33. The molecule has 0 radical (unpaired) electrons. The molecule has 1 saturated carbocycles. The van der Waals surface area contributed by atoms with Crippen molar-refractivity contribution in [1.29, 1.82) is 0 Å². The van der Waals surface area contributed by atoms with Crippen LogP contribution in [0.25, 0.3) is 0 Å². The van der Waals surface area contributed by atoms with Gasteiger partial charge in [0.2, 0.25) is 0 Å². The van der Waals surface area contributed by atoms with Crippen LogP contribution in [0.3, 0.4) is 0 Å². The van der Waals surface area contributed by atoms with Gasteiger partial charge < -0.3 is 15.8 Å². The topological polar surface area (TPSA) is 64.3 Å². The predicted molar refractivity (Wildman–Crippen MR) is 99.5 cm³/mol. The van der Waals surface area contributed by atoms with Crippen molar-refractivity contribution in [2.24, 2.45) is 11.7 Å². The maximum absolute atomic E-state index is 12.3. The van der Waals surface area contributed by atoms with Crippen LogP contribution in [0.15, 0.2) is 54.6 Å². The summed E-state index contributed by atoms with van der Waals surface area (Å²) in [7, 11) is 0. The lowest BCUT2D eigenvalue weighted by Crippen LogP contribution is -2.43. The second-order valence-electron chi connectivity index (χ2n) is 6.78. The third-order valence-corrected chi connectivity index (χ3v) is 4.62. The fourth-order valence-electron chi connectivity index (χ4n) is 2.88. The molecule has 1 aliphatic carbocycles. The Morgan fingerprint density at radius 1 is 1.16 bits per heavy atom. The van der Waals surface area contributed by atoms with Gasteiger partial charge in [0.05, 0.1) is 0 Å². The first kappa shape index (κ1) is 17.5. The fraction of sp³-hybridized carbons (Fsp3) is 0.381. The van der Waals surface area contributed by atoms with E-state index in [-0.39, 0.29) is 11.9 Å². The van der Waals surface area contributed by atoms with Crippen molar-refractivity contribution in [2.75, 3.05) is 6.54 Å². The van der Waals surface area contributed by atoms with Gasteiger partial charge in [0, 0.05) is 19.0 Å². The van der Waals surface area contributed by atoms with E-state index >= 15 is 0 Å². The Morgan fingerprint density at radius 2 is 1.84 bits per heavy atom. The lowest BCUT2D eigenvalue weighted by molar-refractivity contribution is -0.127. The molecule has 4 heteroatoms. The van der Waals surface area contributed by atoms with Crippen molar-refractivity contribution in [1.82, 2.24) is 5.32 Å². The number of hydrogen-bond donors (Lipinski definition) is 2. The molecule has 4 nitrogen and oxygen atoms in total. The number of carbonyl (C=O) groups is 1. The number of para-hydroxylation sites is 1. The van der Waals surface area contributed by atoms with Crippen molar-refractivity contribution in [2.45, 2.75) is 38.3 Å². The van der Waals surface area contributed by atoms with Crippen LogP contribution in [0.5, 0.6) is 5.75 Å². The number of amides is 1. The molecule has 2 atom stereocenters. The smallest absolute Gasteiger partial charge is 0.260 e. The van der Waals surface area contributed by atoms with Gasteiger partial charge in [0.1, 0.15) is 5.75 Å². The largest absolute Gasteiger partial charge is 0.481 e. The fourth-order valence-corrected chi connectivity index (χ4v) is 2.88. The molecule has 3 rings (SSSR count). The first-order chi connectivity index (χ1) is 12.1. The second kappa shape index (κ2) is 8.17. The maximum Gasteiger partial charge on any atom is 0.260 e. The standard InChI is InChI=1S/C21H26N2O2/c1-15(21(24)23-14-19(22)17-11-12-17)25-20-10-6-5-9-18(20)13-16-7-3-2-4-8-16/h2-10,15,17,19H,11-14,22H2,1H3,(H,23,24). The third kappa shape index (κ3) is 5.07. The highest BCUT2D eigenvalue weighted by Crippen LogP contribution is 2.31. The first-order valence-electron chi connectivity index (χ1n) is 8.95. The van der Waals surface area contributed by atoms with E-state index in [9.17, 15) is 4.79 Å². The number of carbonyl (C=O) groups excluding carboxylic acids is 1. The zero-order valence-electron chi connectivity index (χ0n) is 14.7. The van der Waals surface area contributed by atoms with Crippen molar-refractivity contribution in [3.05, 3.63) is 65.7 Å². The molecule has 1 fully saturated rings. The van der Waals surface area contributed by atoms with Gasteiger partial charge in [-0.05, 0) is 42.9 Å². The van der Waals surface area contributed by atoms with Crippen LogP contribution in [0.4, 0.5) is 0 Å². The minimum Gasteiger partial charge on any atom is -0.481 e. The summed E-state index contributed by atoms with van der Waals surface area (Å²) in [6.45, 7) is 2.29. The SMILES string of the molecule is CC(Oc1ccccc1Cc1ccccc1)C(=O)NCC(N)C1CC1. The van der Waals surface area contributed by atoms with Gasteiger partial charge in [-0.1, -0.05) is 48.5 Å². The minimum absolute atomic E-state index is 0.0570. The van der Waals surface area contributed by atoms with Gasteiger partial charge in [-0.3, -0.25) is 4.79 Å². The van der Waals surface area contributed by atoms with Crippen LogP contribution in [0, 0.1) is 5.92 Å². The number of benzene rings is 2. The van der Waals surface area contributed by atoms with Gasteiger partial charge >= 0.3 is 0 Å². The monoisotopic (exact) mass is 338 g/mol. The molecule has 1 aliphatic rings. The van der Waals surface area contributed by atoms with E-state index in [0.29, 0.717) is 12.5 Å². The molecule has 0 aliphatic heterocycles. The van der Waals surface area contributed by atoms with Gasteiger partial charge in [0.15, 0.2) is 6.10 Å². The average Bonchev–Trinajstić information content (AvgIpc) is 3.47. The predicted octanol–water partition coefficient (Wildman–Crippen LogP) is 2.90. The molecule has 0 heterocycles. The van der Waals surface area contributed by atoms with Crippen LogP contribution in [-0.4, -0.2) is 24.6 Å². The molecule has 2 aromatic rings. The molecule has 2 aromatic carbocycles. The van der Waals surface area contributed by atoms with E-state index in [1.165, 1.54) is 18.4 Å². The summed E-state index contributed by atoms with van der Waals surface area (Å²) < 4.78 is 5.94. The summed E-state index contributed by atoms with van der Waals surface area (Å²) in [5.74, 6) is 1.20. The van der Waals surface area contributed by atoms with Crippen LogP contribution in [0.2, 0.25) is 0 Å². The summed E-state index contributed by atoms with van der Waals surface area (Å²) in [4.78, 5) is 12.3. The van der Waals surface area contributed by atoms with Crippen molar-refractivity contribution in [3.63, 3.8) is 0 Å². The van der Waals surface area contributed by atoms with Gasteiger partial charge in [-0.15, -0.1) is 0 Å². The van der Waals surface area contributed by atoms with Crippen molar-refractivity contribution >= 4 is 5.91 Å².